The van der Waals surface area contributed by atoms with Crippen molar-refractivity contribution in [2.45, 2.75) is 30.7 Å². The van der Waals surface area contributed by atoms with E-state index in [2.05, 4.69) is 5.32 Å². The molecule has 1 unspecified atom stereocenters. The molecule has 0 bridgehead atoms. The molecular weight excluding hydrogens is 390 g/mol. The van der Waals surface area contributed by atoms with E-state index in [4.69, 9.17) is 0 Å². The molecule has 9 heteroatoms. The van der Waals surface area contributed by atoms with Gasteiger partial charge in [-0.3, -0.25) is 9.59 Å². The average molecular weight is 416 g/mol. The number of piperazine rings is 1. The molecule has 150 valence electrons. The van der Waals surface area contributed by atoms with Crippen molar-refractivity contribution in [3.63, 3.8) is 0 Å². The van der Waals surface area contributed by atoms with Gasteiger partial charge in [-0.25, -0.2) is 8.42 Å². The molecule has 2 saturated heterocycles. The van der Waals surface area contributed by atoms with Gasteiger partial charge in [0.15, 0.2) is 9.84 Å². The van der Waals surface area contributed by atoms with Crippen molar-refractivity contribution in [1.82, 2.24) is 15.1 Å². The molecule has 0 aromatic heterocycles. The fourth-order valence-electron chi connectivity index (χ4n) is 3.64. The van der Waals surface area contributed by atoms with Gasteiger partial charge in [0.25, 0.3) is 5.91 Å². The second-order valence-electron chi connectivity index (χ2n) is 6.71. The van der Waals surface area contributed by atoms with Gasteiger partial charge in [0.1, 0.15) is 0 Å². The van der Waals surface area contributed by atoms with E-state index in [-0.39, 0.29) is 46.5 Å². The van der Waals surface area contributed by atoms with Gasteiger partial charge in [0.2, 0.25) is 5.91 Å². The highest BCUT2D eigenvalue weighted by Gasteiger charge is 2.33. The third kappa shape index (κ3) is 4.62. The zero-order valence-electron chi connectivity index (χ0n) is 15.4. The van der Waals surface area contributed by atoms with E-state index < -0.39 is 9.84 Å². The van der Waals surface area contributed by atoms with Crippen LogP contribution in [0.25, 0.3) is 0 Å². The fourth-order valence-corrected chi connectivity index (χ4v) is 4.73. The number of piperidine rings is 1. The molecule has 2 amide bonds. The Balaban J connectivity index is 0.00000261. The second kappa shape index (κ2) is 9.03. The Morgan fingerprint density at radius 3 is 2.70 bits per heavy atom. The van der Waals surface area contributed by atoms with Crippen LogP contribution in [-0.2, 0) is 14.6 Å². The van der Waals surface area contributed by atoms with Crippen LogP contribution in [0.4, 0.5) is 0 Å². The van der Waals surface area contributed by atoms with E-state index in [0.717, 1.165) is 19.4 Å². The van der Waals surface area contributed by atoms with Crippen LogP contribution in [0, 0.1) is 0 Å². The molecule has 2 aliphatic rings. The first-order chi connectivity index (χ1) is 12.4. The summed E-state index contributed by atoms with van der Waals surface area (Å²) >= 11 is 0. The van der Waals surface area contributed by atoms with Crippen molar-refractivity contribution >= 4 is 34.1 Å². The van der Waals surface area contributed by atoms with Crippen LogP contribution in [0.15, 0.2) is 29.2 Å². The van der Waals surface area contributed by atoms with Crippen LogP contribution in [0.2, 0.25) is 0 Å². The lowest BCUT2D eigenvalue weighted by atomic mass is 10.0. The number of amides is 2. The highest BCUT2D eigenvalue weighted by Crippen LogP contribution is 2.23. The van der Waals surface area contributed by atoms with Crippen LogP contribution >= 0.6 is 12.4 Å². The summed E-state index contributed by atoms with van der Waals surface area (Å²) in [6.45, 7) is 4.34. The fraction of sp³-hybridized carbons (Fsp3) is 0.556. The number of carbonyl (C=O) groups excluding carboxylic acids is 2. The molecule has 0 spiro atoms. The minimum Gasteiger partial charge on any atom is -0.337 e. The third-order valence-electron chi connectivity index (χ3n) is 5.08. The van der Waals surface area contributed by atoms with E-state index in [0.29, 0.717) is 26.2 Å². The van der Waals surface area contributed by atoms with E-state index in [1.165, 1.54) is 6.07 Å². The molecule has 0 aliphatic carbocycles. The van der Waals surface area contributed by atoms with Gasteiger partial charge < -0.3 is 15.1 Å². The first kappa shape index (κ1) is 21.7. The average Bonchev–Trinajstić information content (AvgIpc) is 2.68. The summed E-state index contributed by atoms with van der Waals surface area (Å²) < 4.78 is 24.7. The Bertz CT molecular complexity index is 800. The molecule has 2 aliphatic heterocycles. The van der Waals surface area contributed by atoms with Gasteiger partial charge in [-0.15, -0.1) is 12.4 Å². The molecule has 3 rings (SSSR count). The Morgan fingerprint density at radius 1 is 1.26 bits per heavy atom. The first-order valence-corrected chi connectivity index (χ1v) is 10.7. The number of hydrogen-bond donors (Lipinski definition) is 1. The molecule has 1 aromatic carbocycles. The highest BCUT2D eigenvalue weighted by atomic mass is 35.5. The van der Waals surface area contributed by atoms with Gasteiger partial charge in [-0.05, 0) is 25.0 Å². The summed E-state index contributed by atoms with van der Waals surface area (Å²) in [6, 6.07) is 6.39. The maximum absolute atomic E-state index is 13.0. The number of nitrogens with zero attached hydrogens (tertiary/aromatic N) is 2. The Labute approximate surface area is 166 Å². The van der Waals surface area contributed by atoms with Crippen LogP contribution in [0.1, 0.15) is 30.1 Å². The minimum absolute atomic E-state index is 0. The van der Waals surface area contributed by atoms with Crippen molar-refractivity contribution in [2.24, 2.45) is 0 Å². The molecule has 0 radical (unpaired) electrons. The van der Waals surface area contributed by atoms with Crippen molar-refractivity contribution in [3.8, 4) is 0 Å². The van der Waals surface area contributed by atoms with Crippen LogP contribution in [0.3, 0.4) is 0 Å². The lowest BCUT2D eigenvalue weighted by Crippen LogP contribution is -2.57. The molecular formula is C18H26ClN3O4S. The summed E-state index contributed by atoms with van der Waals surface area (Å²) in [5.41, 5.74) is 0.224. The van der Waals surface area contributed by atoms with E-state index in [1.54, 1.807) is 30.0 Å². The predicted molar refractivity (Wildman–Crippen MR) is 105 cm³/mol. The monoisotopic (exact) mass is 415 g/mol. The lowest BCUT2D eigenvalue weighted by molar-refractivity contribution is -0.135. The summed E-state index contributed by atoms with van der Waals surface area (Å²) in [7, 11) is -3.48. The van der Waals surface area contributed by atoms with Crippen LogP contribution in [-0.4, -0.2) is 74.6 Å². The maximum Gasteiger partial charge on any atom is 0.255 e. The largest absolute Gasteiger partial charge is 0.337 e. The molecule has 27 heavy (non-hydrogen) atoms. The van der Waals surface area contributed by atoms with Crippen LogP contribution in [0.5, 0.6) is 0 Å². The molecule has 2 heterocycles. The quantitative estimate of drug-likeness (QED) is 0.790. The minimum atomic E-state index is -3.48. The lowest BCUT2D eigenvalue weighted by Gasteiger charge is -2.41. The van der Waals surface area contributed by atoms with Gasteiger partial charge in [-0.2, -0.15) is 0 Å². The summed E-state index contributed by atoms with van der Waals surface area (Å²) in [4.78, 5) is 28.8. The predicted octanol–water partition coefficient (Wildman–Crippen LogP) is 0.938. The van der Waals surface area contributed by atoms with E-state index in [9.17, 15) is 18.0 Å². The highest BCUT2D eigenvalue weighted by molar-refractivity contribution is 7.91. The Hall–Kier alpha value is -1.64. The number of halogens is 1. The number of carbonyl (C=O) groups is 2. The number of benzene rings is 1. The zero-order chi connectivity index (χ0) is 18.7. The normalized spacial score (nSPS) is 20.9. The molecule has 1 aromatic rings. The Morgan fingerprint density at radius 2 is 2.00 bits per heavy atom. The molecule has 7 nitrogen and oxygen atoms in total. The number of sulfone groups is 1. The molecule has 1 N–H and O–H groups in total. The van der Waals surface area contributed by atoms with Crippen molar-refractivity contribution in [1.29, 1.82) is 0 Å². The number of rotatable bonds is 4. The third-order valence-corrected chi connectivity index (χ3v) is 6.87. The maximum atomic E-state index is 13.0. The number of likely N-dealkylation sites (tertiary alicyclic amines) is 1. The van der Waals surface area contributed by atoms with E-state index in [1.807, 2.05) is 4.90 Å². The number of nitrogens with one attached hydrogen (secondary N) is 1. The second-order valence-corrected chi connectivity index (χ2v) is 8.96. The standard InChI is InChI=1S/C18H25N3O4S.ClH/c1-2-26(24,25)16-8-4-3-7-15(16)18(23)20-10-5-6-14(13-20)21-11-9-19-12-17(21)22;/h3-4,7-8,14,19H,2,5-6,9-13H2,1H3;1H. The van der Waals surface area contributed by atoms with Gasteiger partial charge in [0.05, 0.1) is 22.8 Å². The van der Waals surface area contributed by atoms with Gasteiger partial charge in [-0.1, -0.05) is 19.1 Å². The molecule has 2 fully saturated rings. The SMILES string of the molecule is CCS(=O)(=O)c1ccccc1C(=O)N1CCCC(N2CCNCC2=O)C1.Cl. The van der Waals surface area contributed by atoms with Gasteiger partial charge in [0, 0.05) is 32.2 Å². The summed E-state index contributed by atoms with van der Waals surface area (Å²) in [6.07, 6.45) is 1.67. The molecule has 1 atom stereocenters. The smallest absolute Gasteiger partial charge is 0.255 e. The van der Waals surface area contributed by atoms with Crippen molar-refractivity contribution < 1.29 is 18.0 Å². The van der Waals surface area contributed by atoms with E-state index >= 15 is 0 Å². The zero-order valence-corrected chi connectivity index (χ0v) is 17.0. The molecule has 0 saturated carbocycles. The Kier molecular flexibility index (Phi) is 7.25. The van der Waals surface area contributed by atoms with Crippen molar-refractivity contribution in [2.75, 3.05) is 38.5 Å². The van der Waals surface area contributed by atoms with Gasteiger partial charge >= 0.3 is 0 Å². The summed E-state index contributed by atoms with van der Waals surface area (Å²) in [5.74, 6) is -0.260. The van der Waals surface area contributed by atoms with Crippen molar-refractivity contribution in [3.05, 3.63) is 29.8 Å². The first-order valence-electron chi connectivity index (χ1n) is 9.05. The number of hydrogen-bond acceptors (Lipinski definition) is 5. The van der Waals surface area contributed by atoms with Crippen LogP contribution < -0.4 is 5.32 Å². The summed E-state index contributed by atoms with van der Waals surface area (Å²) in [5, 5.41) is 3.06. The topological polar surface area (TPSA) is 86.8 Å².